The van der Waals surface area contributed by atoms with E-state index in [4.69, 9.17) is 15.2 Å². The molecule has 20 heavy (non-hydrogen) atoms. The SMILES string of the molecule is COc1cc(N)cc(NCC2CN3CCCC3CO2)c1. The fourth-order valence-electron chi connectivity index (χ4n) is 3.08. The largest absolute Gasteiger partial charge is 0.497 e. The molecule has 1 aromatic rings. The van der Waals surface area contributed by atoms with Crippen molar-refractivity contribution < 1.29 is 9.47 Å². The number of nitrogens with zero attached hydrogens (tertiary/aromatic N) is 1. The molecule has 3 N–H and O–H groups in total. The van der Waals surface area contributed by atoms with Crippen LogP contribution in [-0.4, -0.2) is 50.4 Å². The fourth-order valence-corrected chi connectivity index (χ4v) is 3.08. The van der Waals surface area contributed by atoms with Gasteiger partial charge in [0.1, 0.15) is 5.75 Å². The molecule has 0 radical (unpaired) electrons. The van der Waals surface area contributed by atoms with Crippen LogP contribution < -0.4 is 15.8 Å². The molecule has 5 heteroatoms. The average molecular weight is 277 g/mol. The molecule has 0 bridgehead atoms. The Labute approximate surface area is 120 Å². The molecule has 0 saturated carbocycles. The third-order valence-electron chi connectivity index (χ3n) is 4.16. The minimum Gasteiger partial charge on any atom is -0.497 e. The monoisotopic (exact) mass is 277 g/mol. The zero-order chi connectivity index (χ0) is 13.9. The van der Waals surface area contributed by atoms with Gasteiger partial charge < -0.3 is 20.5 Å². The second-order valence-corrected chi connectivity index (χ2v) is 5.62. The summed E-state index contributed by atoms with van der Waals surface area (Å²) >= 11 is 0. The molecule has 2 aliphatic rings. The molecular formula is C15H23N3O2. The summed E-state index contributed by atoms with van der Waals surface area (Å²) in [5.41, 5.74) is 7.54. The van der Waals surface area contributed by atoms with Crippen molar-refractivity contribution in [1.82, 2.24) is 4.90 Å². The first-order valence-electron chi connectivity index (χ1n) is 7.28. The molecule has 0 amide bonds. The molecule has 2 unspecified atom stereocenters. The maximum absolute atomic E-state index is 5.93. The van der Waals surface area contributed by atoms with Crippen LogP contribution in [0.3, 0.4) is 0 Å². The molecule has 2 fully saturated rings. The lowest BCUT2D eigenvalue weighted by Gasteiger charge is -2.35. The molecule has 5 nitrogen and oxygen atoms in total. The lowest BCUT2D eigenvalue weighted by atomic mass is 10.2. The van der Waals surface area contributed by atoms with Gasteiger partial charge in [0.05, 0.1) is 19.8 Å². The van der Waals surface area contributed by atoms with Crippen LogP contribution >= 0.6 is 0 Å². The smallest absolute Gasteiger partial charge is 0.122 e. The minimum atomic E-state index is 0.247. The Hall–Kier alpha value is -1.46. The first kappa shape index (κ1) is 13.5. The highest BCUT2D eigenvalue weighted by Gasteiger charge is 2.31. The third-order valence-corrected chi connectivity index (χ3v) is 4.16. The Morgan fingerprint density at radius 1 is 1.45 bits per heavy atom. The van der Waals surface area contributed by atoms with Crippen molar-refractivity contribution in [3.63, 3.8) is 0 Å². The van der Waals surface area contributed by atoms with Crippen LogP contribution in [0, 0.1) is 0 Å². The number of hydrogen-bond acceptors (Lipinski definition) is 5. The normalized spacial score (nSPS) is 26.2. The number of anilines is 2. The maximum atomic E-state index is 5.93. The van der Waals surface area contributed by atoms with Crippen molar-refractivity contribution in [2.75, 3.05) is 44.4 Å². The molecule has 2 atom stereocenters. The second-order valence-electron chi connectivity index (χ2n) is 5.62. The maximum Gasteiger partial charge on any atom is 0.122 e. The Balaban J connectivity index is 1.55. The Kier molecular flexibility index (Phi) is 3.98. The quantitative estimate of drug-likeness (QED) is 0.818. The summed E-state index contributed by atoms with van der Waals surface area (Å²) in [4.78, 5) is 2.55. The fraction of sp³-hybridized carbons (Fsp3) is 0.600. The van der Waals surface area contributed by atoms with E-state index in [9.17, 15) is 0 Å². The number of fused-ring (bicyclic) bond motifs is 1. The molecule has 0 spiro atoms. The molecule has 2 saturated heterocycles. The number of nitrogens with one attached hydrogen (secondary N) is 1. The zero-order valence-corrected chi connectivity index (χ0v) is 12.0. The number of nitrogen functional groups attached to an aromatic ring is 1. The number of nitrogens with two attached hydrogens (primary N) is 1. The molecule has 0 aliphatic carbocycles. The van der Waals surface area contributed by atoms with E-state index in [0.29, 0.717) is 11.7 Å². The molecule has 2 aliphatic heterocycles. The van der Waals surface area contributed by atoms with E-state index >= 15 is 0 Å². The lowest BCUT2D eigenvalue weighted by Crippen LogP contribution is -2.48. The van der Waals surface area contributed by atoms with Gasteiger partial charge >= 0.3 is 0 Å². The van der Waals surface area contributed by atoms with E-state index in [0.717, 1.165) is 31.1 Å². The number of ether oxygens (including phenoxy) is 2. The van der Waals surface area contributed by atoms with Crippen molar-refractivity contribution in [1.29, 1.82) is 0 Å². The summed E-state index contributed by atoms with van der Waals surface area (Å²) in [5, 5.41) is 3.40. The van der Waals surface area contributed by atoms with Gasteiger partial charge in [-0.1, -0.05) is 0 Å². The van der Waals surface area contributed by atoms with Gasteiger partial charge in [0.25, 0.3) is 0 Å². The Bertz CT molecular complexity index is 466. The topological polar surface area (TPSA) is 59.8 Å². The highest BCUT2D eigenvalue weighted by atomic mass is 16.5. The summed E-state index contributed by atoms with van der Waals surface area (Å²) in [5.74, 6) is 0.775. The summed E-state index contributed by atoms with van der Waals surface area (Å²) in [6, 6.07) is 6.35. The number of methoxy groups -OCH3 is 1. The van der Waals surface area contributed by atoms with Crippen molar-refractivity contribution in [2.45, 2.75) is 25.0 Å². The van der Waals surface area contributed by atoms with E-state index in [2.05, 4.69) is 10.2 Å². The predicted molar refractivity (Wildman–Crippen MR) is 80.2 cm³/mol. The van der Waals surface area contributed by atoms with Gasteiger partial charge in [0.2, 0.25) is 0 Å². The number of benzene rings is 1. The van der Waals surface area contributed by atoms with Gasteiger partial charge in [-0.2, -0.15) is 0 Å². The van der Waals surface area contributed by atoms with Crippen LogP contribution in [0.5, 0.6) is 5.75 Å². The van der Waals surface area contributed by atoms with Gasteiger partial charge in [-0.25, -0.2) is 0 Å². The summed E-state index contributed by atoms with van der Waals surface area (Å²) in [6.45, 7) is 3.91. The van der Waals surface area contributed by atoms with Crippen LogP contribution in [0.1, 0.15) is 12.8 Å². The standard InChI is InChI=1S/C15H23N3O2/c1-19-14-6-11(16)5-12(7-14)17-8-15-9-18-4-2-3-13(18)10-20-15/h5-7,13,15,17H,2-4,8-10,16H2,1H3. The Morgan fingerprint density at radius 2 is 2.35 bits per heavy atom. The van der Waals surface area contributed by atoms with Gasteiger partial charge in [-0.3, -0.25) is 4.90 Å². The number of hydrogen-bond donors (Lipinski definition) is 2. The molecule has 0 aromatic heterocycles. The first-order valence-corrected chi connectivity index (χ1v) is 7.28. The van der Waals surface area contributed by atoms with Crippen LogP contribution in [0.15, 0.2) is 18.2 Å². The minimum absolute atomic E-state index is 0.247. The van der Waals surface area contributed by atoms with E-state index in [1.54, 1.807) is 7.11 Å². The van der Waals surface area contributed by atoms with Crippen LogP contribution in [-0.2, 0) is 4.74 Å². The number of morpholine rings is 1. The van der Waals surface area contributed by atoms with Gasteiger partial charge in [-0.05, 0) is 25.5 Å². The van der Waals surface area contributed by atoms with Crippen LogP contribution in [0.2, 0.25) is 0 Å². The van der Waals surface area contributed by atoms with E-state index in [1.165, 1.54) is 19.4 Å². The van der Waals surface area contributed by atoms with Gasteiger partial charge in [0.15, 0.2) is 0 Å². The summed E-state index contributed by atoms with van der Waals surface area (Å²) < 4.78 is 11.2. The van der Waals surface area contributed by atoms with Crippen molar-refractivity contribution in [2.24, 2.45) is 0 Å². The highest BCUT2D eigenvalue weighted by Crippen LogP contribution is 2.24. The van der Waals surface area contributed by atoms with Crippen molar-refractivity contribution >= 4 is 11.4 Å². The van der Waals surface area contributed by atoms with E-state index in [1.807, 2.05) is 18.2 Å². The van der Waals surface area contributed by atoms with Crippen molar-refractivity contribution in [3.05, 3.63) is 18.2 Å². The molecule has 110 valence electrons. The predicted octanol–water partition coefficient (Wildman–Crippen LogP) is 1.55. The van der Waals surface area contributed by atoms with E-state index < -0.39 is 0 Å². The Morgan fingerprint density at radius 3 is 3.20 bits per heavy atom. The van der Waals surface area contributed by atoms with Crippen LogP contribution in [0.4, 0.5) is 11.4 Å². The van der Waals surface area contributed by atoms with Gasteiger partial charge in [-0.15, -0.1) is 0 Å². The van der Waals surface area contributed by atoms with Crippen LogP contribution in [0.25, 0.3) is 0 Å². The summed E-state index contributed by atoms with van der Waals surface area (Å²) in [7, 11) is 1.65. The van der Waals surface area contributed by atoms with Gasteiger partial charge in [0, 0.05) is 42.6 Å². The average Bonchev–Trinajstić information content (AvgIpc) is 2.92. The lowest BCUT2D eigenvalue weighted by molar-refractivity contribution is -0.0415. The first-order chi connectivity index (χ1) is 9.74. The molecular weight excluding hydrogens is 254 g/mol. The molecule has 2 heterocycles. The second kappa shape index (κ2) is 5.89. The molecule has 3 rings (SSSR count). The highest BCUT2D eigenvalue weighted by molar-refractivity contribution is 5.59. The zero-order valence-electron chi connectivity index (χ0n) is 12.0. The molecule has 1 aromatic carbocycles. The summed E-state index contributed by atoms with van der Waals surface area (Å²) in [6.07, 6.45) is 2.84. The third kappa shape index (κ3) is 2.99. The van der Waals surface area contributed by atoms with E-state index in [-0.39, 0.29) is 6.10 Å². The number of rotatable bonds is 4. The van der Waals surface area contributed by atoms with Crippen molar-refractivity contribution in [3.8, 4) is 5.75 Å².